The van der Waals surface area contributed by atoms with Gasteiger partial charge in [-0.25, -0.2) is 8.42 Å². The van der Waals surface area contributed by atoms with Crippen molar-refractivity contribution in [2.24, 2.45) is 10.2 Å². The molecule has 4 rings (SSSR count). The van der Waals surface area contributed by atoms with Gasteiger partial charge in [-0.3, -0.25) is 10.1 Å². The Morgan fingerprint density at radius 1 is 1.17 bits per heavy atom. The van der Waals surface area contributed by atoms with Gasteiger partial charge in [0.2, 0.25) is 15.9 Å². The van der Waals surface area contributed by atoms with E-state index in [2.05, 4.69) is 15.2 Å². The second kappa shape index (κ2) is 7.50. The Bertz CT molecular complexity index is 1280. The van der Waals surface area contributed by atoms with Crippen LogP contribution in [0, 0.1) is 17.0 Å². The third-order valence-electron chi connectivity index (χ3n) is 5.10. The first-order valence-electron chi connectivity index (χ1n) is 9.29. The largest absolute Gasteiger partial charge is 0.493 e. The van der Waals surface area contributed by atoms with E-state index < -0.39 is 20.6 Å². The van der Waals surface area contributed by atoms with Crippen molar-refractivity contribution >= 4 is 38.0 Å². The van der Waals surface area contributed by atoms with Gasteiger partial charge in [0, 0.05) is 24.5 Å². The van der Waals surface area contributed by atoms with E-state index in [9.17, 15) is 23.6 Å². The zero-order valence-electron chi connectivity index (χ0n) is 16.1. The maximum atomic E-state index is 12.7. The molecule has 1 aliphatic rings. The lowest BCUT2D eigenvalue weighted by Gasteiger charge is -2.15. The first kappa shape index (κ1) is 20.0. The molecule has 0 aliphatic carbocycles. The summed E-state index contributed by atoms with van der Waals surface area (Å²) >= 11 is 0. The van der Waals surface area contributed by atoms with Crippen LogP contribution >= 0.6 is 0 Å². The molecular weight excluding hydrogens is 410 g/mol. The van der Waals surface area contributed by atoms with Crippen molar-refractivity contribution in [2.75, 3.05) is 13.1 Å². The van der Waals surface area contributed by atoms with Crippen LogP contribution in [0.1, 0.15) is 18.4 Å². The smallest absolute Gasteiger partial charge is 0.298 e. The van der Waals surface area contributed by atoms with Crippen molar-refractivity contribution in [3.63, 3.8) is 0 Å². The average Bonchev–Trinajstić information content (AvgIpc) is 3.35. The van der Waals surface area contributed by atoms with Crippen molar-refractivity contribution in [2.45, 2.75) is 24.7 Å². The summed E-state index contributed by atoms with van der Waals surface area (Å²) in [7, 11) is -3.80. The van der Waals surface area contributed by atoms with Gasteiger partial charge in [0.15, 0.2) is 11.4 Å². The molecule has 2 heterocycles. The molecule has 0 spiro atoms. The molecule has 156 valence electrons. The highest BCUT2D eigenvalue weighted by Gasteiger charge is 2.29. The summed E-state index contributed by atoms with van der Waals surface area (Å²) in [5.41, 5.74) is 1.14. The van der Waals surface area contributed by atoms with Crippen LogP contribution in [0.15, 0.2) is 51.5 Å². The number of aromatic nitrogens is 1. The molecule has 0 atom stereocenters. The fourth-order valence-electron chi connectivity index (χ4n) is 3.51. The second-order valence-corrected chi connectivity index (χ2v) is 8.98. The number of azo groups is 1. The van der Waals surface area contributed by atoms with Gasteiger partial charge in [-0.05, 0) is 37.5 Å². The number of nitro groups is 1. The molecule has 1 aromatic heterocycles. The minimum atomic E-state index is -3.80. The number of aryl methyl sites for hydroxylation is 1. The second-order valence-electron chi connectivity index (χ2n) is 7.04. The van der Waals surface area contributed by atoms with Crippen molar-refractivity contribution < 1.29 is 18.4 Å². The molecule has 0 unspecified atom stereocenters. The Hall–Kier alpha value is -3.31. The molecule has 0 saturated carbocycles. The van der Waals surface area contributed by atoms with Gasteiger partial charge in [0.05, 0.1) is 15.3 Å². The van der Waals surface area contributed by atoms with E-state index in [0.717, 1.165) is 24.5 Å². The van der Waals surface area contributed by atoms with E-state index in [1.807, 2.05) is 13.0 Å². The number of benzene rings is 2. The molecule has 1 aliphatic heterocycles. The minimum absolute atomic E-state index is 0.109. The third-order valence-corrected chi connectivity index (χ3v) is 6.99. The Kier molecular flexibility index (Phi) is 5.00. The molecule has 10 nitrogen and oxygen atoms in total. The number of aromatic hydroxyl groups is 1. The van der Waals surface area contributed by atoms with E-state index in [-0.39, 0.29) is 22.2 Å². The quantitative estimate of drug-likeness (QED) is 0.353. The van der Waals surface area contributed by atoms with Gasteiger partial charge in [0.1, 0.15) is 0 Å². The van der Waals surface area contributed by atoms with Crippen molar-refractivity contribution in [1.82, 2.24) is 9.29 Å². The first-order chi connectivity index (χ1) is 14.3. The van der Waals surface area contributed by atoms with Crippen LogP contribution in [0.3, 0.4) is 0 Å². The van der Waals surface area contributed by atoms with E-state index in [1.54, 1.807) is 12.1 Å². The molecule has 1 saturated heterocycles. The lowest BCUT2D eigenvalue weighted by Crippen LogP contribution is -2.27. The zero-order chi connectivity index (χ0) is 21.5. The van der Waals surface area contributed by atoms with E-state index in [4.69, 9.17) is 0 Å². The standard InChI is InChI=1S/C19H19N5O5S/c1-12-5-4-6-14-17(12)20-19(25)18(14)22-21-15-8-7-13(11-16(15)24(26)27)30(28,29)23-9-2-3-10-23/h4-8,11,20,25H,2-3,9-10H2,1H3. The molecule has 2 N–H and O–H groups in total. The van der Waals surface area contributed by atoms with Gasteiger partial charge in [-0.15, -0.1) is 10.2 Å². The Morgan fingerprint density at radius 2 is 1.90 bits per heavy atom. The summed E-state index contributed by atoms with van der Waals surface area (Å²) in [6.45, 7) is 2.66. The first-order valence-corrected chi connectivity index (χ1v) is 10.7. The summed E-state index contributed by atoms with van der Waals surface area (Å²) < 4.78 is 26.7. The Balaban J connectivity index is 1.74. The predicted molar refractivity (Wildman–Crippen MR) is 110 cm³/mol. The van der Waals surface area contributed by atoms with Gasteiger partial charge in [-0.2, -0.15) is 4.31 Å². The van der Waals surface area contributed by atoms with Gasteiger partial charge in [-0.1, -0.05) is 18.2 Å². The van der Waals surface area contributed by atoms with Gasteiger partial charge < -0.3 is 10.1 Å². The predicted octanol–water partition coefficient (Wildman–Crippen LogP) is 4.29. The van der Waals surface area contributed by atoms with E-state index in [0.29, 0.717) is 24.0 Å². The van der Waals surface area contributed by atoms with Crippen molar-refractivity contribution in [3.8, 4) is 5.88 Å². The number of para-hydroxylation sites is 1. The van der Waals surface area contributed by atoms with Crippen LogP contribution in [-0.2, 0) is 10.0 Å². The van der Waals surface area contributed by atoms with Crippen molar-refractivity contribution in [3.05, 3.63) is 52.1 Å². The number of aromatic amines is 1. The molecule has 1 fully saturated rings. The molecule has 3 aromatic rings. The van der Waals surface area contributed by atoms with Crippen LogP contribution in [0.2, 0.25) is 0 Å². The van der Waals surface area contributed by atoms with Gasteiger partial charge >= 0.3 is 0 Å². The molecule has 11 heteroatoms. The maximum Gasteiger partial charge on any atom is 0.298 e. The lowest BCUT2D eigenvalue weighted by atomic mass is 10.1. The number of nitro benzene ring substituents is 1. The zero-order valence-corrected chi connectivity index (χ0v) is 16.9. The summed E-state index contributed by atoms with van der Waals surface area (Å²) in [4.78, 5) is 13.5. The van der Waals surface area contributed by atoms with Gasteiger partial charge in [0.25, 0.3) is 5.69 Å². The lowest BCUT2D eigenvalue weighted by molar-refractivity contribution is -0.384. The number of fused-ring (bicyclic) bond motifs is 1. The Labute approximate surface area is 172 Å². The number of hydrogen-bond acceptors (Lipinski definition) is 7. The number of hydrogen-bond donors (Lipinski definition) is 2. The molecule has 0 radical (unpaired) electrons. The highest BCUT2D eigenvalue weighted by Crippen LogP contribution is 2.39. The molecule has 0 amide bonds. The summed E-state index contributed by atoms with van der Waals surface area (Å²) in [5, 5.41) is 30.2. The molecule has 2 aromatic carbocycles. The number of sulfonamides is 1. The summed E-state index contributed by atoms with van der Waals surface area (Å²) in [5.74, 6) is -0.209. The minimum Gasteiger partial charge on any atom is -0.493 e. The summed E-state index contributed by atoms with van der Waals surface area (Å²) in [6, 6.07) is 8.94. The number of nitrogens with one attached hydrogen (secondary N) is 1. The average molecular weight is 429 g/mol. The molecule has 30 heavy (non-hydrogen) atoms. The van der Waals surface area contributed by atoms with E-state index in [1.165, 1.54) is 16.4 Å². The number of H-pyrrole nitrogens is 1. The van der Waals surface area contributed by atoms with Crippen LogP contribution in [-0.4, -0.2) is 40.8 Å². The molecule has 0 bridgehead atoms. The normalized spacial score (nSPS) is 15.4. The van der Waals surface area contributed by atoms with E-state index >= 15 is 0 Å². The fraction of sp³-hybridized carbons (Fsp3) is 0.263. The van der Waals surface area contributed by atoms with Crippen LogP contribution in [0.5, 0.6) is 5.88 Å². The van der Waals surface area contributed by atoms with Crippen LogP contribution in [0.25, 0.3) is 10.9 Å². The Morgan fingerprint density at radius 3 is 2.60 bits per heavy atom. The van der Waals surface area contributed by atoms with Crippen LogP contribution < -0.4 is 0 Å². The summed E-state index contributed by atoms with van der Waals surface area (Å²) in [6.07, 6.45) is 1.53. The SMILES string of the molecule is Cc1cccc2c(N=Nc3ccc(S(=O)(=O)N4CCCC4)cc3[N+](=O)[O-])c(O)[nH]c12. The number of rotatable bonds is 5. The third kappa shape index (κ3) is 3.42. The monoisotopic (exact) mass is 429 g/mol. The highest BCUT2D eigenvalue weighted by atomic mass is 32.2. The van der Waals surface area contributed by atoms with Crippen LogP contribution in [0.4, 0.5) is 17.1 Å². The maximum absolute atomic E-state index is 12.7. The molecular formula is C19H19N5O5S. The van der Waals surface area contributed by atoms with Crippen molar-refractivity contribution in [1.29, 1.82) is 0 Å². The number of nitrogens with zero attached hydrogens (tertiary/aromatic N) is 4. The highest BCUT2D eigenvalue weighted by molar-refractivity contribution is 7.89. The topological polar surface area (TPSA) is 141 Å². The fourth-order valence-corrected chi connectivity index (χ4v) is 5.05.